The number of piperidine rings is 1. The number of rotatable bonds is 0. The van der Waals surface area contributed by atoms with E-state index in [-0.39, 0.29) is 0 Å². The van der Waals surface area contributed by atoms with Gasteiger partial charge in [-0.25, -0.2) is 0 Å². The quantitative estimate of drug-likeness (QED) is 0.498. The van der Waals surface area contributed by atoms with Crippen molar-refractivity contribution >= 4 is 0 Å². The fourth-order valence-electron chi connectivity index (χ4n) is 2.02. The molecule has 3 nitrogen and oxygen atoms in total. The molecule has 2 fully saturated rings. The third-order valence-corrected chi connectivity index (χ3v) is 2.89. The van der Waals surface area contributed by atoms with Crippen LogP contribution in [0, 0.1) is 0 Å². The molecule has 0 saturated carbocycles. The van der Waals surface area contributed by atoms with E-state index in [1.165, 1.54) is 25.9 Å². The highest BCUT2D eigenvalue weighted by atomic mass is 15.3. The van der Waals surface area contributed by atoms with Gasteiger partial charge in [0.15, 0.2) is 0 Å². The lowest BCUT2D eigenvalue weighted by Crippen LogP contribution is -2.55. The Balaban J connectivity index is 1.94. The highest BCUT2D eigenvalue weighted by molar-refractivity contribution is 4.94. The topological polar surface area (TPSA) is 27.3 Å². The molecule has 2 heterocycles. The lowest BCUT2D eigenvalue weighted by atomic mass is 9.98. The molecule has 2 aliphatic heterocycles. The van der Waals surface area contributed by atoms with Crippen LogP contribution in [0.4, 0.5) is 0 Å². The minimum absolute atomic E-state index is 0.312. The number of likely N-dealkylation sites (tertiary alicyclic amines) is 1. The average molecular weight is 155 g/mol. The summed E-state index contributed by atoms with van der Waals surface area (Å²) >= 11 is 0. The molecule has 2 N–H and O–H groups in total. The first kappa shape index (κ1) is 7.53. The van der Waals surface area contributed by atoms with Crippen LogP contribution < -0.4 is 10.6 Å². The van der Waals surface area contributed by atoms with Gasteiger partial charge < -0.3 is 4.90 Å². The minimum atomic E-state index is 0.312. The molecular formula is C8H17N3. The molecule has 3 heteroatoms. The van der Waals surface area contributed by atoms with Crippen LogP contribution in [0.25, 0.3) is 0 Å². The van der Waals surface area contributed by atoms with E-state index in [4.69, 9.17) is 0 Å². The van der Waals surface area contributed by atoms with Crippen molar-refractivity contribution in [2.24, 2.45) is 0 Å². The predicted molar refractivity (Wildman–Crippen MR) is 45.5 cm³/mol. The lowest BCUT2D eigenvalue weighted by molar-refractivity contribution is 0.157. The molecule has 0 amide bonds. The molecule has 0 aliphatic carbocycles. The standard InChI is InChI=1S/C8H17N3/c1-11-6-2-8(3-7-11)9-4-5-10-8/h9-10H,2-7H2,1H3. The highest BCUT2D eigenvalue weighted by Crippen LogP contribution is 2.20. The summed E-state index contributed by atoms with van der Waals surface area (Å²) in [6, 6.07) is 0. The van der Waals surface area contributed by atoms with Crippen molar-refractivity contribution in [1.29, 1.82) is 0 Å². The van der Waals surface area contributed by atoms with E-state index in [0.717, 1.165) is 13.1 Å². The van der Waals surface area contributed by atoms with Crippen LogP contribution in [-0.2, 0) is 0 Å². The highest BCUT2D eigenvalue weighted by Gasteiger charge is 2.35. The summed E-state index contributed by atoms with van der Waals surface area (Å²) < 4.78 is 0. The molecule has 0 bridgehead atoms. The summed E-state index contributed by atoms with van der Waals surface area (Å²) in [5.74, 6) is 0. The van der Waals surface area contributed by atoms with Crippen LogP contribution in [0.1, 0.15) is 12.8 Å². The molecule has 2 saturated heterocycles. The number of hydrogen-bond acceptors (Lipinski definition) is 3. The maximum Gasteiger partial charge on any atom is 0.0712 e. The molecular weight excluding hydrogens is 138 g/mol. The molecule has 1 spiro atoms. The Morgan fingerprint density at radius 2 is 1.64 bits per heavy atom. The van der Waals surface area contributed by atoms with Gasteiger partial charge in [-0.15, -0.1) is 0 Å². The molecule has 2 rings (SSSR count). The van der Waals surface area contributed by atoms with Gasteiger partial charge in [-0.05, 0) is 19.9 Å². The summed E-state index contributed by atoms with van der Waals surface area (Å²) in [5, 5.41) is 7.11. The Bertz CT molecular complexity index is 130. The second-order valence-electron chi connectivity index (χ2n) is 3.74. The Labute approximate surface area is 68.1 Å². The van der Waals surface area contributed by atoms with E-state index in [9.17, 15) is 0 Å². The SMILES string of the molecule is CN1CCC2(CC1)NCCN2. The first-order valence-electron chi connectivity index (χ1n) is 4.49. The molecule has 11 heavy (non-hydrogen) atoms. The van der Waals surface area contributed by atoms with E-state index in [2.05, 4.69) is 22.6 Å². The van der Waals surface area contributed by atoms with Crippen molar-refractivity contribution in [3.05, 3.63) is 0 Å². The first-order chi connectivity index (χ1) is 5.31. The van der Waals surface area contributed by atoms with Crippen LogP contribution >= 0.6 is 0 Å². The number of hydrogen-bond donors (Lipinski definition) is 2. The van der Waals surface area contributed by atoms with Gasteiger partial charge in [-0.2, -0.15) is 0 Å². The fraction of sp³-hybridized carbons (Fsp3) is 1.00. The Hall–Kier alpha value is -0.120. The van der Waals surface area contributed by atoms with Crippen LogP contribution in [0.5, 0.6) is 0 Å². The number of nitrogens with one attached hydrogen (secondary N) is 2. The number of nitrogens with zero attached hydrogens (tertiary/aromatic N) is 1. The van der Waals surface area contributed by atoms with Crippen LogP contribution in [-0.4, -0.2) is 43.8 Å². The van der Waals surface area contributed by atoms with Crippen molar-refractivity contribution in [1.82, 2.24) is 15.5 Å². The van der Waals surface area contributed by atoms with E-state index in [1.807, 2.05) is 0 Å². The normalized spacial score (nSPS) is 31.4. The van der Waals surface area contributed by atoms with E-state index >= 15 is 0 Å². The monoisotopic (exact) mass is 155 g/mol. The van der Waals surface area contributed by atoms with Gasteiger partial charge >= 0.3 is 0 Å². The summed E-state index contributed by atoms with van der Waals surface area (Å²) in [5.41, 5.74) is 0.312. The largest absolute Gasteiger partial charge is 0.306 e. The molecule has 0 unspecified atom stereocenters. The zero-order valence-corrected chi connectivity index (χ0v) is 7.19. The minimum Gasteiger partial charge on any atom is -0.306 e. The average Bonchev–Trinajstić information content (AvgIpc) is 2.45. The Morgan fingerprint density at radius 1 is 1.09 bits per heavy atom. The Morgan fingerprint density at radius 3 is 2.18 bits per heavy atom. The predicted octanol–water partition coefficient (Wildman–Crippen LogP) is -0.399. The lowest BCUT2D eigenvalue weighted by Gasteiger charge is -2.38. The van der Waals surface area contributed by atoms with Crippen molar-refractivity contribution < 1.29 is 0 Å². The molecule has 0 aromatic heterocycles. The van der Waals surface area contributed by atoms with Gasteiger partial charge in [-0.1, -0.05) is 0 Å². The third-order valence-electron chi connectivity index (χ3n) is 2.89. The van der Waals surface area contributed by atoms with Gasteiger partial charge in [0, 0.05) is 26.2 Å². The van der Waals surface area contributed by atoms with Crippen molar-refractivity contribution in [3.63, 3.8) is 0 Å². The maximum atomic E-state index is 3.55. The Kier molecular flexibility index (Phi) is 1.87. The van der Waals surface area contributed by atoms with Crippen molar-refractivity contribution in [3.8, 4) is 0 Å². The summed E-state index contributed by atoms with van der Waals surface area (Å²) in [6.45, 7) is 4.73. The van der Waals surface area contributed by atoms with E-state index < -0.39 is 0 Å². The second kappa shape index (κ2) is 2.73. The van der Waals surface area contributed by atoms with Crippen LogP contribution in [0.3, 0.4) is 0 Å². The molecule has 0 aromatic rings. The molecule has 64 valence electrons. The smallest absolute Gasteiger partial charge is 0.0712 e. The zero-order valence-electron chi connectivity index (χ0n) is 7.19. The molecule has 0 atom stereocenters. The van der Waals surface area contributed by atoms with Gasteiger partial charge in [0.05, 0.1) is 5.66 Å². The molecule has 0 aromatic carbocycles. The summed E-state index contributed by atoms with van der Waals surface area (Å²) in [7, 11) is 2.20. The van der Waals surface area contributed by atoms with Gasteiger partial charge in [0.1, 0.15) is 0 Å². The van der Waals surface area contributed by atoms with Crippen molar-refractivity contribution in [2.45, 2.75) is 18.5 Å². The van der Waals surface area contributed by atoms with Gasteiger partial charge in [0.2, 0.25) is 0 Å². The van der Waals surface area contributed by atoms with Crippen LogP contribution in [0.15, 0.2) is 0 Å². The van der Waals surface area contributed by atoms with Crippen molar-refractivity contribution in [2.75, 3.05) is 33.2 Å². The fourth-order valence-corrected chi connectivity index (χ4v) is 2.02. The van der Waals surface area contributed by atoms with E-state index in [1.54, 1.807) is 0 Å². The first-order valence-corrected chi connectivity index (χ1v) is 4.49. The van der Waals surface area contributed by atoms with Crippen LogP contribution in [0.2, 0.25) is 0 Å². The summed E-state index contributed by atoms with van der Waals surface area (Å²) in [4.78, 5) is 2.40. The maximum absolute atomic E-state index is 3.55. The van der Waals surface area contributed by atoms with Gasteiger partial charge in [0.25, 0.3) is 0 Å². The second-order valence-corrected chi connectivity index (χ2v) is 3.74. The van der Waals surface area contributed by atoms with Gasteiger partial charge in [-0.3, -0.25) is 10.6 Å². The van der Waals surface area contributed by atoms with E-state index in [0.29, 0.717) is 5.66 Å². The molecule has 0 radical (unpaired) electrons. The zero-order chi connectivity index (χ0) is 7.73. The third kappa shape index (κ3) is 1.41. The molecule has 2 aliphatic rings. The summed E-state index contributed by atoms with van der Waals surface area (Å²) in [6.07, 6.45) is 2.51.